The highest BCUT2D eigenvalue weighted by Crippen LogP contribution is 2.09. The van der Waals surface area contributed by atoms with Crippen LogP contribution in [-0.4, -0.2) is 29.2 Å². The van der Waals surface area contributed by atoms with Gasteiger partial charge >= 0.3 is 0 Å². The van der Waals surface area contributed by atoms with E-state index in [2.05, 4.69) is 26.3 Å². The number of rotatable bonds is 3. The van der Waals surface area contributed by atoms with Gasteiger partial charge in [-0.1, -0.05) is 0 Å². The quantitative estimate of drug-likeness (QED) is 0.775. The van der Waals surface area contributed by atoms with Gasteiger partial charge in [0, 0.05) is 13.1 Å². The number of hydrogen-bond acceptors (Lipinski definition) is 3. The zero-order valence-corrected chi connectivity index (χ0v) is 8.55. The fourth-order valence-electron chi connectivity index (χ4n) is 0.944. The van der Waals surface area contributed by atoms with E-state index in [-0.39, 0.29) is 5.78 Å². The summed E-state index contributed by atoms with van der Waals surface area (Å²) in [6, 6.07) is 1.71. The smallest absolute Gasteiger partial charge is 0.194 e. The lowest BCUT2D eigenvalue weighted by Crippen LogP contribution is -2.20. The number of Topliss-reactive ketones (excluding diaryl/α,β-unsaturated/α-hetero) is 1. The second-order valence-corrected chi connectivity index (χ2v) is 3.24. The second-order valence-electron chi connectivity index (χ2n) is 2.43. The summed E-state index contributed by atoms with van der Waals surface area (Å²) in [5.74, 6) is 0.0400. The number of nitrogens with zero attached hydrogens (tertiary/aromatic N) is 2. The maximum absolute atomic E-state index is 11.3. The van der Waals surface area contributed by atoms with Crippen molar-refractivity contribution in [1.82, 2.24) is 15.1 Å². The van der Waals surface area contributed by atoms with Crippen LogP contribution in [0.4, 0.5) is 0 Å². The van der Waals surface area contributed by atoms with E-state index in [9.17, 15) is 4.79 Å². The van der Waals surface area contributed by atoms with Crippen LogP contribution in [0.1, 0.15) is 10.5 Å². The van der Waals surface area contributed by atoms with Crippen LogP contribution in [0.5, 0.6) is 0 Å². The minimum atomic E-state index is 0.0400. The molecule has 0 saturated carbocycles. The van der Waals surface area contributed by atoms with E-state index in [0.29, 0.717) is 16.8 Å². The summed E-state index contributed by atoms with van der Waals surface area (Å²) in [6.07, 6.45) is 0. The molecule has 0 saturated heterocycles. The lowest BCUT2D eigenvalue weighted by atomic mass is 10.3. The highest BCUT2D eigenvalue weighted by Gasteiger charge is 2.10. The highest BCUT2D eigenvalue weighted by atomic mass is 79.9. The zero-order valence-electron chi connectivity index (χ0n) is 6.97. The van der Waals surface area contributed by atoms with Crippen molar-refractivity contribution in [3.8, 4) is 0 Å². The Morgan fingerprint density at radius 3 is 2.92 bits per heavy atom. The van der Waals surface area contributed by atoms with E-state index in [1.54, 1.807) is 24.8 Å². The fourth-order valence-corrected chi connectivity index (χ4v) is 1.40. The first-order valence-electron chi connectivity index (χ1n) is 3.52. The van der Waals surface area contributed by atoms with Crippen molar-refractivity contribution >= 4 is 21.7 Å². The molecule has 12 heavy (non-hydrogen) atoms. The lowest BCUT2D eigenvalue weighted by Gasteiger charge is -1.98. The molecule has 5 heteroatoms. The molecular weight excluding hydrogens is 222 g/mol. The first-order chi connectivity index (χ1) is 5.65. The van der Waals surface area contributed by atoms with Gasteiger partial charge in [0.15, 0.2) is 5.78 Å². The molecule has 1 rings (SSSR count). The van der Waals surface area contributed by atoms with Gasteiger partial charge in [-0.15, -0.1) is 0 Å². The molecule has 0 aliphatic heterocycles. The van der Waals surface area contributed by atoms with Crippen molar-refractivity contribution in [3.63, 3.8) is 0 Å². The molecule has 0 radical (unpaired) electrons. The molecule has 0 unspecified atom stereocenters. The van der Waals surface area contributed by atoms with Crippen molar-refractivity contribution in [1.29, 1.82) is 0 Å². The van der Waals surface area contributed by atoms with Crippen LogP contribution in [0, 0.1) is 0 Å². The molecule has 0 amide bonds. The normalized spacial score (nSPS) is 10.2. The SMILES string of the molecule is CNCC(=O)c1cc(Br)nn1C. The summed E-state index contributed by atoms with van der Waals surface area (Å²) in [4.78, 5) is 11.3. The monoisotopic (exact) mass is 231 g/mol. The first kappa shape index (κ1) is 9.41. The Bertz CT molecular complexity index is 295. The van der Waals surface area contributed by atoms with Gasteiger partial charge in [-0.05, 0) is 23.0 Å². The highest BCUT2D eigenvalue weighted by molar-refractivity contribution is 9.10. The summed E-state index contributed by atoms with van der Waals surface area (Å²) < 4.78 is 2.24. The molecule has 4 nitrogen and oxygen atoms in total. The minimum Gasteiger partial charge on any atom is -0.313 e. The predicted molar refractivity (Wildman–Crippen MR) is 49.2 cm³/mol. The van der Waals surface area contributed by atoms with E-state index < -0.39 is 0 Å². The molecule has 0 aliphatic carbocycles. The second kappa shape index (κ2) is 3.82. The van der Waals surface area contributed by atoms with Crippen LogP contribution in [0.15, 0.2) is 10.7 Å². The van der Waals surface area contributed by atoms with Crippen LogP contribution in [0.25, 0.3) is 0 Å². The third-order valence-corrected chi connectivity index (χ3v) is 1.86. The van der Waals surface area contributed by atoms with Crippen molar-refractivity contribution in [2.24, 2.45) is 7.05 Å². The molecule has 1 aromatic heterocycles. The molecule has 1 N–H and O–H groups in total. The fraction of sp³-hybridized carbons (Fsp3) is 0.429. The maximum atomic E-state index is 11.3. The Morgan fingerprint density at radius 2 is 2.50 bits per heavy atom. The van der Waals surface area contributed by atoms with E-state index in [1.807, 2.05) is 0 Å². The number of carbonyl (C=O) groups excluding carboxylic acids is 1. The zero-order chi connectivity index (χ0) is 9.14. The predicted octanol–water partition coefficient (Wildman–Crippen LogP) is 0.585. The van der Waals surface area contributed by atoms with Crippen molar-refractivity contribution in [2.75, 3.05) is 13.6 Å². The third kappa shape index (κ3) is 1.92. The van der Waals surface area contributed by atoms with E-state index >= 15 is 0 Å². The molecule has 0 spiro atoms. The molecule has 0 atom stereocenters. The lowest BCUT2D eigenvalue weighted by molar-refractivity contribution is 0.0984. The molecule has 1 heterocycles. The Morgan fingerprint density at radius 1 is 1.83 bits per heavy atom. The van der Waals surface area contributed by atoms with Crippen molar-refractivity contribution < 1.29 is 4.79 Å². The summed E-state index contributed by atoms with van der Waals surface area (Å²) >= 11 is 3.20. The van der Waals surface area contributed by atoms with Crippen LogP contribution in [-0.2, 0) is 7.05 Å². The van der Waals surface area contributed by atoms with Gasteiger partial charge < -0.3 is 5.32 Å². The van der Waals surface area contributed by atoms with E-state index in [1.165, 1.54) is 0 Å². The first-order valence-corrected chi connectivity index (χ1v) is 4.31. The van der Waals surface area contributed by atoms with Crippen molar-refractivity contribution in [2.45, 2.75) is 0 Å². The number of hydrogen-bond donors (Lipinski definition) is 1. The number of aromatic nitrogens is 2. The average Bonchev–Trinajstić information content (AvgIpc) is 2.30. The van der Waals surface area contributed by atoms with Crippen LogP contribution >= 0.6 is 15.9 Å². The van der Waals surface area contributed by atoms with Crippen LogP contribution < -0.4 is 5.32 Å². The molecule has 1 aromatic rings. The Labute approximate surface area is 79.1 Å². The van der Waals surface area contributed by atoms with Gasteiger partial charge in [0.2, 0.25) is 0 Å². The number of nitrogens with one attached hydrogen (secondary N) is 1. The number of aryl methyl sites for hydroxylation is 1. The Hall–Kier alpha value is -0.680. The summed E-state index contributed by atoms with van der Waals surface area (Å²) in [5.41, 5.74) is 0.608. The summed E-state index contributed by atoms with van der Waals surface area (Å²) in [7, 11) is 3.48. The van der Waals surface area contributed by atoms with Crippen molar-refractivity contribution in [3.05, 3.63) is 16.4 Å². The third-order valence-electron chi connectivity index (χ3n) is 1.47. The minimum absolute atomic E-state index is 0.0400. The Balaban J connectivity index is 2.87. The molecule has 0 aliphatic rings. The van der Waals surface area contributed by atoms with Gasteiger partial charge in [-0.3, -0.25) is 9.48 Å². The maximum Gasteiger partial charge on any atom is 0.194 e. The molecule has 66 valence electrons. The number of ketones is 1. The largest absolute Gasteiger partial charge is 0.313 e. The van der Waals surface area contributed by atoms with Gasteiger partial charge in [0.05, 0.1) is 6.54 Å². The van der Waals surface area contributed by atoms with Gasteiger partial charge in [0.25, 0.3) is 0 Å². The molecule has 0 aromatic carbocycles. The standard InChI is InChI=1S/C7H10BrN3O/c1-9-4-6(12)5-3-7(8)10-11(5)2/h3,9H,4H2,1-2H3. The summed E-state index contributed by atoms with van der Waals surface area (Å²) in [5, 5.41) is 6.80. The number of carbonyl (C=O) groups is 1. The van der Waals surface area contributed by atoms with Gasteiger partial charge in [-0.2, -0.15) is 5.10 Å². The Kier molecular flexibility index (Phi) is 2.99. The van der Waals surface area contributed by atoms with E-state index in [4.69, 9.17) is 0 Å². The van der Waals surface area contributed by atoms with Gasteiger partial charge in [-0.25, -0.2) is 0 Å². The van der Waals surface area contributed by atoms with Crippen LogP contribution in [0.3, 0.4) is 0 Å². The summed E-state index contributed by atoms with van der Waals surface area (Å²) in [6.45, 7) is 0.339. The number of halogens is 1. The molecular formula is C7H10BrN3O. The number of likely N-dealkylation sites (N-methyl/N-ethyl adjacent to an activating group) is 1. The van der Waals surface area contributed by atoms with E-state index in [0.717, 1.165) is 0 Å². The average molecular weight is 232 g/mol. The van der Waals surface area contributed by atoms with Gasteiger partial charge in [0.1, 0.15) is 10.3 Å². The topological polar surface area (TPSA) is 46.9 Å². The van der Waals surface area contributed by atoms with Crippen LogP contribution in [0.2, 0.25) is 0 Å². The molecule has 0 fully saturated rings. The molecule has 0 bridgehead atoms.